The number of hydrogen-bond donors (Lipinski definition) is 9. The number of primary amides is 1. The molecule has 5 rings (SSSR count). The smallest absolute Gasteiger partial charge is 0.331 e. The maximum atomic E-state index is 14.5. The molecule has 0 aliphatic carbocycles. The first-order valence-corrected chi connectivity index (χ1v) is 30.9. The summed E-state index contributed by atoms with van der Waals surface area (Å²) in [5, 5.41) is 31.3. The molecule has 0 aliphatic rings. The van der Waals surface area contributed by atoms with Gasteiger partial charge in [0.25, 0.3) is 0 Å². The van der Waals surface area contributed by atoms with Gasteiger partial charge in [-0.05, 0) is 123 Å². The van der Waals surface area contributed by atoms with E-state index >= 15 is 0 Å². The number of hydrogen-bond acceptors (Lipinski definition) is 11. The number of ether oxygens (including phenoxy) is 1. The fraction of sp³-hybridized carbons (Fsp3) is 0.457. The van der Waals surface area contributed by atoms with Crippen LogP contribution >= 0.6 is 0 Å². The average Bonchev–Trinajstić information content (AvgIpc) is 1.75. The Labute approximate surface area is 536 Å². The summed E-state index contributed by atoms with van der Waals surface area (Å²) in [5.41, 5.74) is 10.7. The molecule has 0 radical (unpaired) electrons. The Morgan fingerprint density at radius 2 is 1.45 bits per heavy atom. The van der Waals surface area contributed by atoms with Gasteiger partial charge in [-0.3, -0.25) is 28.8 Å². The highest BCUT2D eigenvalue weighted by atomic mass is 16.5. The number of likely N-dealkylation sites (N-methyl/N-ethyl adjacent to an activating group) is 2. The molecule has 1 aromatic heterocycles. The quantitative estimate of drug-likeness (QED) is 0.00876. The summed E-state index contributed by atoms with van der Waals surface area (Å²) in [6, 6.07) is 22.6. The Morgan fingerprint density at radius 3 is 2.05 bits per heavy atom. The van der Waals surface area contributed by atoms with Crippen LogP contribution in [-0.4, -0.2) is 119 Å². The summed E-state index contributed by atoms with van der Waals surface area (Å²) in [6.45, 7) is 22.7. The van der Waals surface area contributed by atoms with Crippen LogP contribution in [0.3, 0.4) is 0 Å². The lowest BCUT2D eigenvalue weighted by Gasteiger charge is -2.39. The maximum absolute atomic E-state index is 14.5. The first-order chi connectivity index (χ1) is 42.8. The largest absolute Gasteiger partial charge is 0.478 e. The van der Waals surface area contributed by atoms with Gasteiger partial charge in [-0.2, -0.15) is 0 Å². The predicted molar refractivity (Wildman–Crippen MR) is 357 cm³/mol. The Bertz CT molecular complexity index is 3470. The average molecular weight is 1250 g/mol. The van der Waals surface area contributed by atoms with Crippen LogP contribution in [0.25, 0.3) is 10.9 Å². The van der Waals surface area contributed by atoms with Crippen LogP contribution in [0.1, 0.15) is 130 Å². The lowest BCUT2D eigenvalue weighted by Crippen LogP contribution is -2.61. The zero-order chi connectivity index (χ0) is 67.7. The molecule has 490 valence electrons. The number of aryl methyl sites for hydroxylation is 2. The number of fused-ring (bicyclic) bond motifs is 1. The summed E-state index contributed by atoms with van der Waals surface area (Å²) < 4.78 is 8.26. The molecule has 0 spiro atoms. The highest BCUT2D eigenvalue weighted by Crippen LogP contribution is 2.37. The minimum atomic E-state index is -1.09. The summed E-state index contributed by atoms with van der Waals surface area (Å²) in [5.74, 6) is -1.62. The van der Waals surface area contributed by atoms with Crippen molar-refractivity contribution in [1.82, 2.24) is 36.1 Å². The monoisotopic (exact) mass is 1250 g/mol. The third-order valence-corrected chi connectivity index (χ3v) is 16.3. The van der Waals surface area contributed by atoms with Crippen LogP contribution in [-0.2, 0) is 63.9 Å². The first kappa shape index (κ1) is 72.7. The normalized spacial score (nSPS) is 13.8. The Hall–Kier alpha value is -9.00. The molecule has 0 fully saturated rings. The number of aromatic nitrogens is 1. The van der Waals surface area contributed by atoms with Gasteiger partial charge in [0, 0.05) is 84.2 Å². The molecule has 0 saturated heterocycles. The summed E-state index contributed by atoms with van der Waals surface area (Å²) in [6.07, 6.45) is 8.90. The number of carbonyl (C=O) groups excluding carboxylic acids is 7. The molecule has 1 heterocycles. The number of carboxylic acids is 1. The second-order valence-electron chi connectivity index (χ2n) is 25.6. The Kier molecular flexibility index (Phi) is 26.1. The standard InChI is InChI=1S/C70H95N11O10/c1-17-48-24-19-20-25-49(48)39-81(55-27-21-18-23-44(55)6)59(83)35-34-58(82)77-60(43(4)5)64(85)76-54(26-22-36-73-68(71)90)63(84)75-50-30-28-47(29-31-50)41-91-46(8)74-51-32-33-56-52(38-51)53(40-79(56)15)70(12,13)61(72-14)65(86)78-62(69(9,10)11)66(87)80(16)57(42(2)3)37-45(7)67(88)89/h1,18-21,23-25,27-33,37-38,40,42-43,46,54,57,60-62,72,74H,22,26,34-36,39,41H2,2-16H3,(H,75,84)(H,76,85)(H,77,82)(H,78,86)(H,88,89)(H3,71,73,90)/b45-37+/t46?,54-,57+,60-,61-,62+/m0/s1. The van der Waals surface area contributed by atoms with E-state index in [1.165, 1.54) is 11.8 Å². The number of benzene rings is 4. The molecule has 10 N–H and O–H groups in total. The minimum absolute atomic E-state index is 0.107. The van der Waals surface area contributed by atoms with Crippen molar-refractivity contribution in [2.45, 2.75) is 164 Å². The van der Waals surface area contributed by atoms with Gasteiger partial charge in [0.05, 0.1) is 25.2 Å². The molecular formula is C70H95N11O10. The van der Waals surface area contributed by atoms with Crippen molar-refractivity contribution in [3.8, 4) is 12.3 Å². The number of para-hydroxylation sites is 1. The van der Waals surface area contributed by atoms with E-state index in [1.807, 2.05) is 141 Å². The van der Waals surface area contributed by atoms with E-state index in [0.29, 0.717) is 16.9 Å². The fourth-order valence-corrected chi connectivity index (χ4v) is 11.0. The van der Waals surface area contributed by atoms with Gasteiger partial charge < -0.3 is 67.2 Å². The van der Waals surface area contributed by atoms with Crippen LogP contribution in [0.5, 0.6) is 0 Å². The molecule has 21 nitrogen and oxygen atoms in total. The second-order valence-corrected chi connectivity index (χ2v) is 25.6. The third-order valence-electron chi connectivity index (χ3n) is 16.3. The SMILES string of the molecule is C#Cc1ccccc1CN(C(=O)CCC(=O)N[C@H](C(=O)N[C@@H](CCCNC(N)=O)C(=O)Nc1ccc(COC(C)Nc2ccc3c(c2)c(C(C)(C)[C@@H](NC)C(=O)N[C@H](C(=O)N(C)[C@H](/C=C(\C)C(=O)O)C(C)C)C(C)(C)C)cn3C)cc1)C(C)C)c1ccccc1C. The fourth-order valence-electron chi connectivity index (χ4n) is 11.0. The molecular weight excluding hydrogens is 1150 g/mol. The first-order valence-electron chi connectivity index (χ1n) is 30.9. The number of nitrogens with two attached hydrogens (primary N) is 1. The highest BCUT2D eigenvalue weighted by Gasteiger charge is 2.43. The molecule has 0 bridgehead atoms. The molecule has 0 aliphatic heterocycles. The predicted octanol–water partition coefficient (Wildman–Crippen LogP) is 8.38. The number of urea groups is 1. The van der Waals surface area contributed by atoms with Gasteiger partial charge >= 0.3 is 12.0 Å². The number of nitrogens with zero attached hydrogens (tertiary/aromatic N) is 3. The topological polar surface area (TPSA) is 288 Å². The highest BCUT2D eigenvalue weighted by molar-refractivity contribution is 6.00. The van der Waals surface area contributed by atoms with Crippen LogP contribution in [0, 0.1) is 36.5 Å². The molecule has 5 aromatic rings. The van der Waals surface area contributed by atoms with Crippen molar-refractivity contribution in [3.05, 3.63) is 137 Å². The van der Waals surface area contributed by atoms with E-state index < -0.39 is 82.9 Å². The second kappa shape index (κ2) is 32.7. The molecule has 4 aromatic carbocycles. The third kappa shape index (κ3) is 20.0. The van der Waals surface area contributed by atoms with E-state index in [2.05, 4.69) is 43.1 Å². The number of carboxylic acid groups (broad SMARTS) is 1. The number of aliphatic carboxylic acids is 1. The van der Waals surface area contributed by atoms with Crippen LogP contribution < -0.4 is 47.9 Å². The van der Waals surface area contributed by atoms with Crippen molar-refractivity contribution in [3.63, 3.8) is 0 Å². The number of anilines is 3. The van der Waals surface area contributed by atoms with Crippen LogP contribution in [0.2, 0.25) is 0 Å². The van der Waals surface area contributed by atoms with Gasteiger partial charge in [-0.25, -0.2) is 9.59 Å². The number of amides is 8. The zero-order valence-corrected chi connectivity index (χ0v) is 55.5. The van der Waals surface area contributed by atoms with Crippen LogP contribution in [0.4, 0.5) is 21.9 Å². The number of nitrogens with one attached hydrogen (secondary N) is 7. The number of carbonyl (C=O) groups is 8. The van der Waals surface area contributed by atoms with Gasteiger partial charge in [0.1, 0.15) is 24.4 Å². The van der Waals surface area contributed by atoms with Gasteiger partial charge in [-0.1, -0.05) is 123 Å². The van der Waals surface area contributed by atoms with Crippen LogP contribution in [0.15, 0.2) is 109 Å². The molecule has 8 amide bonds. The van der Waals surface area contributed by atoms with E-state index in [-0.39, 0.29) is 74.6 Å². The van der Waals surface area contributed by atoms with Gasteiger partial charge in [-0.15, -0.1) is 6.42 Å². The molecule has 1 unspecified atom stereocenters. The minimum Gasteiger partial charge on any atom is -0.478 e. The van der Waals surface area contributed by atoms with Crippen molar-refractivity contribution in [1.29, 1.82) is 0 Å². The van der Waals surface area contributed by atoms with Gasteiger partial charge in [0.15, 0.2) is 0 Å². The summed E-state index contributed by atoms with van der Waals surface area (Å²) >= 11 is 0. The lowest BCUT2D eigenvalue weighted by molar-refractivity contribution is -0.141. The van der Waals surface area contributed by atoms with E-state index in [4.69, 9.17) is 16.9 Å². The van der Waals surface area contributed by atoms with Gasteiger partial charge in [0.2, 0.25) is 35.4 Å². The Morgan fingerprint density at radius 1 is 0.802 bits per heavy atom. The van der Waals surface area contributed by atoms with E-state index in [9.17, 15) is 43.5 Å². The number of terminal acetylenes is 1. The van der Waals surface area contributed by atoms with Crippen molar-refractivity contribution in [2.24, 2.45) is 30.0 Å². The zero-order valence-electron chi connectivity index (χ0n) is 55.5. The maximum Gasteiger partial charge on any atom is 0.331 e. The lowest BCUT2D eigenvalue weighted by atomic mass is 9.76. The molecule has 6 atom stereocenters. The molecule has 91 heavy (non-hydrogen) atoms. The number of rotatable bonds is 31. The summed E-state index contributed by atoms with van der Waals surface area (Å²) in [7, 11) is 5.29. The Balaban J connectivity index is 1.22. The van der Waals surface area contributed by atoms with Crippen molar-refractivity contribution in [2.75, 3.05) is 36.2 Å². The summed E-state index contributed by atoms with van der Waals surface area (Å²) in [4.78, 5) is 111. The molecule has 21 heteroatoms. The van der Waals surface area contributed by atoms with Crippen molar-refractivity contribution >= 4 is 75.4 Å². The molecule has 0 saturated carbocycles. The van der Waals surface area contributed by atoms with E-state index in [1.54, 1.807) is 69.3 Å². The van der Waals surface area contributed by atoms with Crippen molar-refractivity contribution < 1.29 is 48.2 Å². The van der Waals surface area contributed by atoms with E-state index in [0.717, 1.165) is 38.8 Å².